The lowest BCUT2D eigenvalue weighted by molar-refractivity contribution is -0.124. The lowest BCUT2D eigenvalue weighted by Crippen LogP contribution is -2.35. The Morgan fingerprint density at radius 3 is 2.91 bits per heavy atom. The third-order valence-corrected chi connectivity index (χ3v) is 2.43. The normalized spacial score (nSPS) is 26.9. The van der Waals surface area contributed by atoms with Crippen LogP contribution in [0.4, 0.5) is 0 Å². The third-order valence-electron chi connectivity index (χ3n) is 2.43. The first-order valence-corrected chi connectivity index (χ1v) is 4.45. The van der Waals surface area contributed by atoms with Crippen molar-refractivity contribution in [3.63, 3.8) is 0 Å². The lowest BCUT2D eigenvalue weighted by Gasteiger charge is -2.28. The van der Waals surface area contributed by atoms with Crippen molar-refractivity contribution in [2.75, 3.05) is 20.1 Å². The fraction of sp³-hybridized carbons (Fsp3) is 0.889. The molecule has 0 aromatic carbocycles. The molecule has 11 heavy (non-hydrogen) atoms. The standard InChI is InChI=1S/C9H17NO/c1-3-9(11)8-5-4-6-10(2)7-8/h8H,3-7H2,1-2H3. The molecule has 1 fully saturated rings. The number of carbonyl (C=O) groups excluding carboxylic acids is 1. The topological polar surface area (TPSA) is 20.3 Å². The predicted octanol–water partition coefficient (Wildman–Crippen LogP) is 1.31. The van der Waals surface area contributed by atoms with E-state index in [1.165, 1.54) is 6.42 Å². The van der Waals surface area contributed by atoms with Gasteiger partial charge in [-0.05, 0) is 26.4 Å². The summed E-state index contributed by atoms with van der Waals surface area (Å²) >= 11 is 0. The van der Waals surface area contributed by atoms with Crippen LogP contribution in [0.25, 0.3) is 0 Å². The summed E-state index contributed by atoms with van der Waals surface area (Å²) in [7, 11) is 2.09. The van der Waals surface area contributed by atoms with E-state index in [0.29, 0.717) is 18.1 Å². The highest BCUT2D eigenvalue weighted by Gasteiger charge is 2.21. The minimum Gasteiger partial charge on any atom is -0.306 e. The molecule has 0 radical (unpaired) electrons. The first kappa shape index (κ1) is 8.72. The van der Waals surface area contributed by atoms with E-state index in [1.807, 2.05) is 6.92 Å². The average molecular weight is 155 g/mol. The van der Waals surface area contributed by atoms with Gasteiger partial charge in [0.25, 0.3) is 0 Å². The maximum atomic E-state index is 11.3. The quantitative estimate of drug-likeness (QED) is 0.599. The molecule has 1 unspecified atom stereocenters. The van der Waals surface area contributed by atoms with Crippen molar-refractivity contribution >= 4 is 5.78 Å². The Hall–Kier alpha value is -0.370. The minimum atomic E-state index is 0.332. The van der Waals surface area contributed by atoms with Gasteiger partial charge in [0, 0.05) is 18.9 Å². The van der Waals surface area contributed by atoms with Crippen molar-refractivity contribution in [1.29, 1.82) is 0 Å². The van der Waals surface area contributed by atoms with Crippen LogP contribution in [0.15, 0.2) is 0 Å². The van der Waals surface area contributed by atoms with E-state index in [1.54, 1.807) is 0 Å². The van der Waals surface area contributed by atoms with Gasteiger partial charge in [-0.3, -0.25) is 4.79 Å². The molecule has 0 aromatic heterocycles. The number of likely N-dealkylation sites (tertiary alicyclic amines) is 1. The molecule has 1 aliphatic rings. The van der Waals surface area contributed by atoms with Crippen molar-refractivity contribution in [3.8, 4) is 0 Å². The first-order valence-electron chi connectivity index (χ1n) is 4.45. The summed E-state index contributed by atoms with van der Waals surface area (Å²) in [4.78, 5) is 13.5. The van der Waals surface area contributed by atoms with Crippen LogP contribution in [0.3, 0.4) is 0 Å². The maximum Gasteiger partial charge on any atom is 0.136 e. The fourth-order valence-electron chi connectivity index (χ4n) is 1.72. The van der Waals surface area contributed by atoms with Crippen LogP contribution in [0.5, 0.6) is 0 Å². The number of nitrogens with zero attached hydrogens (tertiary/aromatic N) is 1. The Morgan fingerprint density at radius 2 is 2.36 bits per heavy atom. The number of ketones is 1. The van der Waals surface area contributed by atoms with Crippen molar-refractivity contribution in [2.24, 2.45) is 5.92 Å². The van der Waals surface area contributed by atoms with Crippen LogP contribution < -0.4 is 0 Å². The molecule has 1 aliphatic heterocycles. The Balaban J connectivity index is 2.39. The SMILES string of the molecule is CCC(=O)C1CCCN(C)C1. The first-order chi connectivity index (χ1) is 5.24. The van der Waals surface area contributed by atoms with Crippen LogP contribution in [-0.4, -0.2) is 30.8 Å². The van der Waals surface area contributed by atoms with E-state index in [4.69, 9.17) is 0 Å². The zero-order valence-electron chi connectivity index (χ0n) is 7.47. The van der Waals surface area contributed by atoms with Crippen molar-refractivity contribution in [3.05, 3.63) is 0 Å². The monoisotopic (exact) mass is 155 g/mol. The zero-order valence-corrected chi connectivity index (χ0v) is 7.47. The second-order valence-corrected chi connectivity index (χ2v) is 3.42. The van der Waals surface area contributed by atoms with Crippen molar-refractivity contribution in [2.45, 2.75) is 26.2 Å². The number of Topliss-reactive ketones (excluding diaryl/α,β-unsaturated/α-hetero) is 1. The summed E-state index contributed by atoms with van der Waals surface area (Å²) in [6.45, 7) is 4.09. The molecule has 0 aliphatic carbocycles. The summed E-state index contributed by atoms with van der Waals surface area (Å²) in [5.74, 6) is 0.773. The van der Waals surface area contributed by atoms with Gasteiger partial charge in [-0.25, -0.2) is 0 Å². The number of carbonyl (C=O) groups is 1. The molecule has 0 spiro atoms. The Bertz CT molecular complexity index is 144. The predicted molar refractivity (Wildman–Crippen MR) is 45.5 cm³/mol. The average Bonchev–Trinajstić information content (AvgIpc) is 2.03. The van der Waals surface area contributed by atoms with Crippen molar-refractivity contribution < 1.29 is 4.79 Å². The van der Waals surface area contributed by atoms with Gasteiger partial charge < -0.3 is 4.90 Å². The number of hydrogen-bond donors (Lipinski definition) is 0. The van der Waals surface area contributed by atoms with Crippen LogP contribution in [0.1, 0.15) is 26.2 Å². The minimum absolute atomic E-state index is 0.332. The second kappa shape index (κ2) is 3.86. The third kappa shape index (κ3) is 2.29. The van der Waals surface area contributed by atoms with Gasteiger partial charge in [0.2, 0.25) is 0 Å². The fourth-order valence-corrected chi connectivity index (χ4v) is 1.72. The Labute approximate surface area is 68.6 Å². The number of rotatable bonds is 2. The number of hydrogen-bond acceptors (Lipinski definition) is 2. The van der Waals surface area contributed by atoms with E-state index in [9.17, 15) is 4.79 Å². The van der Waals surface area contributed by atoms with Gasteiger partial charge in [0.15, 0.2) is 0 Å². The molecular weight excluding hydrogens is 138 g/mol. The van der Waals surface area contributed by atoms with E-state index < -0.39 is 0 Å². The van der Waals surface area contributed by atoms with E-state index >= 15 is 0 Å². The molecule has 1 saturated heterocycles. The summed E-state index contributed by atoms with van der Waals surface area (Å²) in [5, 5.41) is 0. The van der Waals surface area contributed by atoms with Gasteiger partial charge in [0.1, 0.15) is 5.78 Å². The Morgan fingerprint density at radius 1 is 1.64 bits per heavy atom. The largest absolute Gasteiger partial charge is 0.306 e. The molecule has 1 rings (SSSR count). The molecule has 2 heteroatoms. The molecule has 1 heterocycles. The smallest absolute Gasteiger partial charge is 0.136 e. The molecule has 0 amide bonds. The summed E-state index contributed by atoms with van der Waals surface area (Å²) in [5.41, 5.74) is 0. The molecular formula is C9H17NO. The molecule has 0 bridgehead atoms. The van der Waals surface area contributed by atoms with E-state index in [0.717, 1.165) is 19.5 Å². The van der Waals surface area contributed by atoms with Gasteiger partial charge in [-0.1, -0.05) is 6.92 Å². The number of piperidine rings is 1. The maximum absolute atomic E-state index is 11.3. The summed E-state index contributed by atoms with van der Waals surface area (Å²) < 4.78 is 0. The van der Waals surface area contributed by atoms with Gasteiger partial charge in [-0.2, -0.15) is 0 Å². The van der Waals surface area contributed by atoms with Crippen LogP contribution >= 0.6 is 0 Å². The van der Waals surface area contributed by atoms with Crippen molar-refractivity contribution in [1.82, 2.24) is 4.90 Å². The molecule has 2 nitrogen and oxygen atoms in total. The van der Waals surface area contributed by atoms with Gasteiger partial charge in [0.05, 0.1) is 0 Å². The summed E-state index contributed by atoms with van der Waals surface area (Å²) in [6.07, 6.45) is 3.00. The highest BCUT2D eigenvalue weighted by molar-refractivity contribution is 5.80. The van der Waals surface area contributed by atoms with Gasteiger partial charge in [-0.15, -0.1) is 0 Å². The van der Waals surface area contributed by atoms with E-state index in [-0.39, 0.29) is 0 Å². The van der Waals surface area contributed by atoms with E-state index in [2.05, 4.69) is 11.9 Å². The molecule has 0 N–H and O–H groups in total. The Kier molecular flexibility index (Phi) is 3.06. The van der Waals surface area contributed by atoms with Crippen LogP contribution in [0, 0.1) is 5.92 Å². The molecule has 0 aromatic rings. The van der Waals surface area contributed by atoms with Crippen LogP contribution in [-0.2, 0) is 4.79 Å². The highest BCUT2D eigenvalue weighted by Crippen LogP contribution is 2.16. The second-order valence-electron chi connectivity index (χ2n) is 3.42. The highest BCUT2D eigenvalue weighted by atomic mass is 16.1. The molecule has 64 valence electrons. The molecule has 0 saturated carbocycles. The lowest BCUT2D eigenvalue weighted by atomic mass is 9.93. The zero-order chi connectivity index (χ0) is 8.27. The molecule has 1 atom stereocenters. The van der Waals surface area contributed by atoms with Gasteiger partial charge >= 0.3 is 0 Å². The summed E-state index contributed by atoms with van der Waals surface area (Å²) in [6, 6.07) is 0. The van der Waals surface area contributed by atoms with Crippen LogP contribution in [0.2, 0.25) is 0 Å².